The third kappa shape index (κ3) is 4.16. The molecule has 0 saturated carbocycles. The summed E-state index contributed by atoms with van der Waals surface area (Å²) < 4.78 is 160. The summed E-state index contributed by atoms with van der Waals surface area (Å²) in [4.78, 5) is 25.1. The fraction of sp³-hybridized carbons (Fsp3) is 0.158. The summed E-state index contributed by atoms with van der Waals surface area (Å²) >= 11 is 0. The lowest BCUT2D eigenvalue weighted by Gasteiger charge is -2.14. The van der Waals surface area contributed by atoms with Gasteiger partial charge in [0.1, 0.15) is 34.0 Å². The normalized spacial score (nSPS) is 12.4. The minimum absolute atomic E-state index is 0.0942. The van der Waals surface area contributed by atoms with E-state index in [9.17, 15) is 62.3 Å². The molecule has 0 saturated heterocycles. The van der Waals surface area contributed by atoms with E-state index in [0.29, 0.717) is 0 Å². The molecule has 16 heteroatoms. The van der Waals surface area contributed by atoms with Gasteiger partial charge in [-0.25, -0.2) is 31.0 Å². The Bertz CT molecular complexity index is 1380. The molecule has 2 aromatic carbocycles. The van der Waals surface area contributed by atoms with Crippen LogP contribution in [0.2, 0.25) is 0 Å². The van der Waals surface area contributed by atoms with Gasteiger partial charge in [-0.2, -0.15) is 26.3 Å². The number of rotatable bonds is 3. The highest BCUT2D eigenvalue weighted by Crippen LogP contribution is 2.38. The summed E-state index contributed by atoms with van der Waals surface area (Å²) in [5.41, 5.74) is -12.3. The largest absolute Gasteiger partial charge is 0.422 e. The Hall–Kier alpha value is -3.72. The number of carbonyl (C=O) groups excluding carboxylic acids is 1. The Labute approximate surface area is 184 Å². The van der Waals surface area contributed by atoms with E-state index in [-0.39, 0.29) is 12.1 Å². The van der Waals surface area contributed by atoms with Crippen LogP contribution in [0.4, 0.5) is 52.7 Å². The molecule has 35 heavy (non-hydrogen) atoms. The maximum Gasteiger partial charge on any atom is 0.422 e. The Kier molecular flexibility index (Phi) is 6.06. The number of halogens is 12. The van der Waals surface area contributed by atoms with Crippen molar-refractivity contribution in [2.45, 2.75) is 19.3 Å². The molecule has 0 aliphatic rings. The predicted octanol–water partition coefficient (Wildman–Crippen LogP) is 5.58. The zero-order valence-corrected chi connectivity index (χ0v) is 16.5. The maximum absolute atomic E-state index is 14.3. The number of hydrogen-bond donors (Lipinski definition) is 1. The number of hydrogen-bond acceptors (Lipinski definition) is 2. The van der Waals surface area contributed by atoms with Crippen molar-refractivity contribution in [1.29, 1.82) is 0 Å². The fourth-order valence-corrected chi connectivity index (χ4v) is 3.16. The van der Waals surface area contributed by atoms with E-state index >= 15 is 0 Å². The molecular formula is C19H6F12N2O2. The van der Waals surface area contributed by atoms with Crippen LogP contribution in [0.5, 0.6) is 0 Å². The van der Waals surface area contributed by atoms with Crippen molar-refractivity contribution in [3.8, 4) is 5.69 Å². The molecule has 188 valence electrons. The second kappa shape index (κ2) is 8.20. The first-order chi connectivity index (χ1) is 15.9. The van der Waals surface area contributed by atoms with E-state index in [0.717, 1.165) is 6.92 Å². The van der Waals surface area contributed by atoms with Gasteiger partial charge >= 0.3 is 12.4 Å². The minimum atomic E-state index is -5.89. The van der Waals surface area contributed by atoms with Gasteiger partial charge in [0.2, 0.25) is 5.78 Å². The molecule has 0 aliphatic heterocycles. The lowest BCUT2D eigenvalue weighted by Crippen LogP contribution is -2.25. The molecule has 0 atom stereocenters. The van der Waals surface area contributed by atoms with Gasteiger partial charge in [-0.15, -0.1) is 0 Å². The van der Waals surface area contributed by atoms with Crippen LogP contribution in [0.25, 0.3) is 5.69 Å². The van der Waals surface area contributed by atoms with E-state index in [1.54, 1.807) is 5.10 Å². The lowest BCUT2D eigenvalue weighted by molar-refractivity contribution is -0.143. The van der Waals surface area contributed by atoms with Crippen LogP contribution in [0, 0.1) is 41.8 Å². The molecule has 4 nitrogen and oxygen atoms in total. The van der Waals surface area contributed by atoms with Gasteiger partial charge in [-0.3, -0.25) is 14.7 Å². The first kappa shape index (κ1) is 25.9. The van der Waals surface area contributed by atoms with Gasteiger partial charge in [0, 0.05) is 11.3 Å². The average Bonchev–Trinajstić information content (AvgIpc) is 2.97. The molecule has 3 rings (SSSR count). The number of nitrogens with one attached hydrogen (secondary N) is 1. The number of aromatic amines is 1. The van der Waals surface area contributed by atoms with Gasteiger partial charge in [0.25, 0.3) is 5.56 Å². The van der Waals surface area contributed by atoms with Crippen LogP contribution in [-0.4, -0.2) is 15.6 Å². The van der Waals surface area contributed by atoms with E-state index in [1.807, 2.05) is 0 Å². The predicted molar refractivity (Wildman–Crippen MR) is 90.8 cm³/mol. The van der Waals surface area contributed by atoms with Crippen molar-refractivity contribution >= 4 is 5.78 Å². The van der Waals surface area contributed by atoms with E-state index in [2.05, 4.69) is 0 Å². The van der Waals surface area contributed by atoms with Crippen molar-refractivity contribution in [2.24, 2.45) is 0 Å². The molecule has 1 heterocycles. The molecule has 0 bridgehead atoms. The number of ketones is 1. The van der Waals surface area contributed by atoms with Crippen molar-refractivity contribution in [3.05, 3.63) is 85.3 Å². The number of alkyl halides is 6. The summed E-state index contributed by atoms with van der Waals surface area (Å²) in [7, 11) is 0. The van der Waals surface area contributed by atoms with Crippen molar-refractivity contribution < 1.29 is 57.5 Å². The molecular weight excluding hydrogens is 516 g/mol. The van der Waals surface area contributed by atoms with Crippen molar-refractivity contribution in [3.63, 3.8) is 0 Å². The van der Waals surface area contributed by atoms with Crippen LogP contribution in [-0.2, 0) is 12.4 Å². The van der Waals surface area contributed by atoms with Crippen LogP contribution in [0.15, 0.2) is 16.9 Å². The monoisotopic (exact) mass is 522 g/mol. The quantitative estimate of drug-likeness (QED) is 0.278. The van der Waals surface area contributed by atoms with Crippen LogP contribution < -0.4 is 5.56 Å². The molecule has 0 unspecified atom stereocenters. The Balaban J connectivity index is 2.23. The molecule has 0 amide bonds. The van der Waals surface area contributed by atoms with E-state index in [4.69, 9.17) is 0 Å². The molecule has 0 radical (unpaired) electrons. The fourth-order valence-electron chi connectivity index (χ4n) is 3.16. The second-order valence-corrected chi connectivity index (χ2v) is 6.87. The molecule has 0 aliphatic carbocycles. The molecule has 1 aromatic heterocycles. The maximum atomic E-state index is 14.3. The van der Waals surface area contributed by atoms with Crippen LogP contribution in [0.3, 0.4) is 0 Å². The third-order valence-electron chi connectivity index (χ3n) is 4.63. The number of carbonyl (C=O) groups is 1. The first-order valence-corrected chi connectivity index (χ1v) is 8.75. The van der Waals surface area contributed by atoms with E-state index < -0.39 is 96.9 Å². The van der Waals surface area contributed by atoms with Gasteiger partial charge in [0.05, 0.1) is 0 Å². The highest BCUT2D eigenvalue weighted by molar-refractivity contribution is 6.09. The SMILES string of the molecule is Cc1[nH]n(-c2c(F)c(F)c(C(F)(F)F)c(F)c2F)c(=O)c1C(=O)c1cc(F)c(C(F)(F)F)c(F)c1. The smallest absolute Gasteiger partial charge is 0.294 e. The third-order valence-corrected chi connectivity index (χ3v) is 4.63. The van der Waals surface area contributed by atoms with Crippen molar-refractivity contribution in [2.75, 3.05) is 0 Å². The molecule has 0 fully saturated rings. The molecule has 0 spiro atoms. The summed E-state index contributed by atoms with van der Waals surface area (Å²) in [6, 6.07) is -0.188. The summed E-state index contributed by atoms with van der Waals surface area (Å²) in [6.45, 7) is 0.828. The van der Waals surface area contributed by atoms with Gasteiger partial charge in [0.15, 0.2) is 23.3 Å². The van der Waals surface area contributed by atoms with Gasteiger partial charge in [-0.1, -0.05) is 0 Å². The Morgan fingerprint density at radius 2 is 1.20 bits per heavy atom. The van der Waals surface area contributed by atoms with Crippen molar-refractivity contribution in [1.82, 2.24) is 9.78 Å². The number of H-pyrrole nitrogens is 1. The van der Waals surface area contributed by atoms with E-state index in [1.165, 1.54) is 0 Å². The number of benzene rings is 2. The highest BCUT2D eigenvalue weighted by Gasteiger charge is 2.43. The van der Waals surface area contributed by atoms with Gasteiger partial charge in [-0.05, 0) is 19.1 Å². The molecule has 3 aromatic rings. The average molecular weight is 522 g/mol. The Morgan fingerprint density at radius 1 is 0.771 bits per heavy atom. The standard InChI is InChI=1S/C19H6F12N2O2/c1-4-8(16(34)5-2-6(20)9(7(21)3-5)18(26,27)28)17(35)33(32-4)15-13(24)11(22)10(19(29,30)31)12(23)14(15)25/h2-3,32H,1H3. The summed E-state index contributed by atoms with van der Waals surface area (Å²) in [6.07, 6.45) is -11.4. The Morgan fingerprint density at radius 3 is 1.60 bits per heavy atom. The highest BCUT2D eigenvalue weighted by atomic mass is 19.4. The summed E-state index contributed by atoms with van der Waals surface area (Å²) in [5.74, 6) is -17.4. The van der Waals surface area contributed by atoms with Crippen LogP contribution in [0.1, 0.15) is 32.7 Å². The van der Waals surface area contributed by atoms with Crippen LogP contribution >= 0.6 is 0 Å². The minimum Gasteiger partial charge on any atom is -0.294 e. The zero-order valence-electron chi connectivity index (χ0n) is 16.5. The number of nitrogens with zero attached hydrogens (tertiary/aromatic N) is 1. The number of aromatic nitrogens is 2. The summed E-state index contributed by atoms with van der Waals surface area (Å²) in [5, 5.41) is 1.76. The number of aryl methyl sites for hydroxylation is 1. The topological polar surface area (TPSA) is 54.9 Å². The second-order valence-electron chi connectivity index (χ2n) is 6.87. The molecule has 1 N–H and O–H groups in total. The first-order valence-electron chi connectivity index (χ1n) is 8.75. The zero-order chi connectivity index (χ0) is 26.8. The van der Waals surface area contributed by atoms with Gasteiger partial charge < -0.3 is 0 Å². The lowest BCUT2D eigenvalue weighted by atomic mass is 10.0.